The van der Waals surface area contributed by atoms with Gasteiger partial charge in [-0.05, 0) is 43.3 Å². The number of aromatic nitrogens is 1. The molecule has 0 spiro atoms. The van der Waals surface area contributed by atoms with Crippen molar-refractivity contribution in [3.63, 3.8) is 0 Å². The van der Waals surface area contributed by atoms with Crippen LogP contribution in [0.2, 0.25) is 0 Å². The first-order valence-corrected chi connectivity index (χ1v) is 12.9. The van der Waals surface area contributed by atoms with Crippen molar-refractivity contribution in [3.8, 4) is 5.75 Å². The van der Waals surface area contributed by atoms with E-state index >= 15 is 0 Å². The summed E-state index contributed by atoms with van der Waals surface area (Å²) in [7, 11) is 0. The first-order chi connectivity index (χ1) is 19.7. The highest BCUT2D eigenvalue weighted by molar-refractivity contribution is 6.22. The quantitative estimate of drug-likeness (QED) is 0.311. The predicted octanol–water partition coefficient (Wildman–Crippen LogP) is 1.25. The number of para-hydroxylation sites is 1. The summed E-state index contributed by atoms with van der Waals surface area (Å²) >= 11 is 0. The number of barbiturate groups is 1. The standard InChI is InChI=1S/C28H28N6O7/c1-17-14-19(21-4-2-3-5-22(21)30-17)15-41-20-8-6-18(7-9-20)23(35)29-16-28(24(36)31-26(38)32-25(28)37)34-12-10-33(11-13-34)27(39)40/h2-9,14H,10-13,15-16H2,1H3,(H,29,35)(H,39,40)(H2,31,32,36,37,38). The van der Waals surface area contributed by atoms with E-state index in [1.165, 1.54) is 4.90 Å². The number of carboxylic acid groups (broad SMARTS) is 1. The van der Waals surface area contributed by atoms with Gasteiger partial charge in [0, 0.05) is 48.4 Å². The number of hydrogen-bond donors (Lipinski definition) is 4. The van der Waals surface area contributed by atoms with Crippen LogP contribution < -0.4 is 20.7 Å². The highest BCUT2D eigenvalue weighted by atomic mass is 16.5. The van der Waals surface area contributed by atoms with Crippen LogP contribution in [0.3, 0.4) is 0 Å². The smallest absolute Gasteiger partial charge is 0.407 e. The third kappa shape index (κ3) is 5.52. The molecule has 13 nitrogen and oxygen atoms in total. The van der Waals surface area contributed by atoms with Crippen molar-refractivity contribution in [2.75, 3.05) is 32.7 Å². The van der Waals surface area contributed by atoms with Crippen molar-refractivity contribution in [1.82, 2.24) is 30.7 Å². The maximum atomic E-state index is 13.0. The van der Waals surface area contributed by atoms with Crippen molar-refractivity contribution in [3.05, 3.63) is 71.4 Å². The number of hydrogen-bond acceptors (Lipinski definition) is 8. The molecule has 2 aliphatic heterocycles. The number of amides is 6. The summed E-state index contributed by atoms with van der Waals surface area (Å²) in [6.45, 7) is 1.99. The average molecular weight is 561 g/mol. The van der Waals surface area contributed by atoms with E-state index in [2.05, 4.69) is 20.9 Å². The Bertz CT molecular complexity index is 1510. The Hall–Kier alpha value is -5.04. The van der Waals surface area contributed by atoms with Crippen molar-refractivity contribution in [2.45, 2.75) is 19.1 Å². The van der Waals surface area contributed by atoms with Gasteiger partial charge in [-0.15, -0.1) is 0 Å². The second-order valence-corrected chi connectivity index (χ2v) is 9.79. The topological polar surface area (TPSA) is 170 Å². The zero-order chi connectivity index (χ0) is 29.1. The number of carbonyl (C=O) groups excluding carboxylic acids is 4. The second kappa shape index (κ2) is 11.2. The highest BCUT2D eigenvalue weighted by Gasteiger charge is 2.55. The zero-order valence-corrected chi connectivity index (χ0v) is 22.2. The molecule has 2 aromatic carbocycles. The Morgan fingerprint density at radius 3 is 2.32 bits per heavy atom. The Kier molecular flexibility index (Phi) is 7.53. The first kappa shape index (κ1) is 27.5. The van der Waals surface area contributed by atoms with E-state index in [1.807, 2.05) is 37.3 Å². The van der Waals surface area contributed by atoms with Gasteiger partial charge in [0.05, 0.1) is 12.1 Å². The lowest BCUT2D eigenvalue weighted by Gasteiger charge is -2.45. The number of aryl methyl sites for hydroxylation is 1. The molecular weight excluding hydrogens is 532 g/mol. The minimum Gasteiger partial charge on any atom is -0.489 e. The molecule has 5 rings (SSSR count). The van der Waals surface area contributed by atoms with Crippen LogP contribution in [0.5, 0.6) is 5.75 Å². The Balaban J connectivity index is 1.26. The monoisotopic (exact) mass is 560 g/mol. The van der Waals surface area contributed by atoms with Gasteiger partial charge in [-0.2, -0.15) is 0 Å². The Labute approximate surface area is 234 Å². The first-order valence-electron chi connectivity index (χ1n) is 12.9. The maximum Gasteiger partial charge on any atom is 0.407 e. The van der Waals surface area contributed by atoms with E-state index in [0.717, 1.165) is 27.1 Å². The van der Waals surface area contributed by atoms with Gasteiger partial charge in [0.2, 0.25) is 0 Å². The van der Waals surface area contributed by atoms with Crippen LogP contribution >= 0.6 is 0 Å². The van der Waals surface area contributed by atoms with Gasteiger partial charge >= 0.3 is 12.1 Å². The Morgan fingerprint density at radius 1 is 1.00 bits per heavy atom. The molecule has 2 aliphatic rings. The molecular formula is C28H28N6O7. The van der Waals surface area contributed by atoms with Crippen LogP contribution in [0, 0.1) is 6.92 Å². The molecule has 3 aromatic rings. The van der Waals surface area contributed by atoms with Crippen LogP contribution in [0.25, 0.3) is 10.9 Å². The molecule has 0 bridgehead atoms. The number of carbonyl (C=O) groups is 5. The number of piperazine rings is 1. The second-order valence-electron chi connectivity index (χ2n) is 9.79. The molecule has 2 saturated heterocycles. The molecule has 6 amide bonds. The minimum atomic E-state index is -1.93. The number of imide groups is 2. The lowest BCUT2D eigenvalue weighted by atomic mass is 9.91. The van der Waals surface area contributed by atoms with Gasteiger partial charge < -0.3 is 20.1 Å². The number of rotatable bonds is 7. The molecule has 4 N–H and O–H groups in total. The summed E-state index contributed by atoms with van der Waals surface area (Å²) in [6.07, 6.45) is -1.11. The molecule has 0 radical (unpaired) electrons. The van der Waals surface area contributed by atoms with Crippen molar-refractivity contribution < 1.29 is 33.8 Å². The number of fused-ring (bicyclic) bond motifs is 1. The molecule has 3 heterocycles. The fraction of sp³-hybridized carbons (Fsp3) is 0.286. The van der Waals surface area contributed by atoms with Gasteiger partial charge in [-0.3, -0.25) is 34.9 Å². The largest absolute Gasteiger partial charge is 0.489 e. The van der Waals surface area contributed by atoms with E-state index in [1.54, 1.807) is 24.3 Å². The lowest BCUT2D eigenvalue weighted by Crippen LogP contribution is -2.78. The summed E-state index contributed by atoms with van der Waals surface area (Å²) < 4.78 is 5.95. The summed E-state index contributed by atoms with van der Waals surface area (Å²) in [6, 6.07) is 15.2. The van der Waals surface area contributed by atoms with E-state index in [9.17, 15) is 29.1 Å². The van der Waals surface area contributed by atoms with Crippen LogP contribution in [0.15, 0.2) is 54.6 Å². The third-order valence-corrected chi connectivity index (χ3v) is 7.24. The van der Waals surface area contributed by atoms with E-state index in [0.29, 0.717) is 12.4 Å². The lowest BCUT2D eigenvalue weighted by molar-refractivity contribution is -0.148. The number of urea groups is 1. The molecule has 212 valence electrons. The van der Waals surface area contributed by atoms with Gasteiger partial charge in [0.25, 0.3) is 17.7 Å². The van der Waals surface area contributed by atoms with E-state index in [-0.39, 0.29) is 31.7 Å². The van der Waals surface area contributed by atoms with Crippen molar-refractivity contribution in [2.24, 2.45) is 0 Å². The van der Waals surface area contributed by atoms with Crippen LogP contribution in [0.4, 0.5) is 9.59 Å². The number of pyridine rings is 1. The molecule has 1 aromatic heterocycles. The summed E-state index contributed by atoms with van der Waals surface area (Å²) in [5.41, 5.74) is 1.07. The van der Waals surface area contributed by atoms with Crippen LogP contribution in [0.1, 0.15) is 21.6 Å². The third-order valence-electron chi connectivity index (χ3n) is 7.24. The van der Waals surface area contributed by atoms with Crippen molar-refractivity contribution >= 4 is 40.7 Å². The minimum absolute atomic E-state index is 0.0511. The summed E-state index contributed by atoms with van der Waals surface area (Å²) in [4.78, 5) is 69.2. The fourth-order valence-electron chi connectivity index (χ4n) is 5.07. The predicted molar refractivity (Wildman–Crippen MR) is 145 cm³/mol. The van der Waals surface area contributed by atoms with E-state index in [4.69, 9.17) is 4.74 Å². The molecule has 13 heteroatoms. The number of nitrogens with zero attached hydrogens (tertiary/aromatic N) is 3. The van der Waals surface area contributed by atoms with Crippen molar-refractivity contribution in [1.29, 1.82) is 0 Å². The number of benzene rings is 2. The zero-order valence-electron chi connectivity index (χ0n) is 22.2. The van der Waals surface area contributed by atoms with Gasteiger partial charge in [0.1, 0.15) is 12.4 Å². The normalized spacial score (nSPS) is 17.1. The molecule has 0 atom stereocenters. The van der Waals surface area contributed by atoms with E-state index < -0.39 is 41.9 Å². The number of nitrogens with one attached hydrogen (secondary N) is 3. The summed E-state index contributed by atoms with van der Waals surface area (Å²) in [5, 5.41) is 17.0. The van der Waals surface area contributed by atoms with Gasteiger partial charge in [0.15, 0.2) is 5.54 Å². The molecule has 0 aliphatic carbocycles. The van der Waals surface area contributed by atoms with Crippen LogP contribution in [-0.2, 0) is 16.2 Å². The van der Waals surface area contributed by atoms with Gasteiger partial charge in [-0.1, -0.05) is 18.2 Å². The molecule has 2 fully saturated rings. The molecule has 41 heavy (non-hydrogen) atoms. The Morgan fingerprint density at radius 2 is 1.66 bits per heavy atom. The van der Waals surface area contributed by atoms with Gasteiger partial charge in [-0.25, -0.2) is 9.59 Å². The van der Waals surface area contributed by atoms with Crippen LogP contribution in [-0.4, -0.2) is 88.0 Å². The fourth-order valence-corrected chi connectivity index (χ4v) is 5.07. The maximum absolute atomic E-state index is 13.0. The highest BCUT2D eigenvalue weighted by Crippen LogP contribution is 2.23. The summed E-state index contributed by atoms with van der Waals surface area (Å²) in [5.74, 6) is -1.79. The molecule has 0 unspecified atom stereocenters. The molecule has 0 saturated carbocycles. The SMILES string of the molecule is Cc1cc(COc2ccc(C(=O)NCC3(N4CCN(C(=O)O)CC4)C(=O)NC(=O)NC3=O)cc2)c2ccccc2n1. The number of ether oxygens (including phenoxy) is 1. The average Bonchev–Trinajstić information content (AvgIpc) is 2.96.